The van der Waals surface area contributed by atoms with Crippen molar-refractivity contribution in [2.24, 2.45) is 11.0 Å². The van der Waals surface area contributed by atoms with E-state index in [9.17, 15) is 14.9 Å². The molecule has 0 radical (unpaired) electrons. The zero-order chi connectivity index (χ0) is 22.1. The van der Waals surface area contributed by atoms with Crippen LogP contribution in [0.2, 0.25) is 0 Å². The Kier molecular flexibility index (Phi) is 8.32. The van der Waals surface area contributed by atoms with Crippen LogP contribution in [0.1, 0.15) is 36.2 Å². The van der Waals surface area contributed by atoms with Gasteiger partial charge in [0.25, 0.3) is 11.5 Å². The molecule has 0 fully saturated rings. The van der Waals surface area contributed by atoms with Gasteiger partial charge in [0.15, 0.2) is 0 Å². The van der Waals surface area contributed by atoms with Crippen LogP contribution in [-0.4, -0.2) is 30.4 Å². The summed E-state index contributed by atoms with van der Waals surface area (Å²) in [6.45, 7) is 6.27. The molecule has 0 aliphatic rings. The van der Waals surface area contributed by atoms with Crippen LogP contribution in [0, 0.1) is 24.2 Å². The van der Waals surface area contributed by atoms with E-state index in [1.165, 1.54) is 17.9 Å². The van der Waals surface area contributed by atoms with Crippen LogP contribution < -0.4 is 15.7 Å². The van der Waals surface area contributed by atoms with Crippen molar-refractivity contribution in [2.45, 2.75) is 33.9 Å². The average Bonchev–Trinajstić information content (AvgIpc) is 2.70. The summed E-state index contributed by atoms with van der Waals surface area (Å²) in [6.07, 6.45) is 1.49. The number of carbonyl (C=O) groups excluding carboxylic acids is 1. The SMILES string of the molecule is COCc1cc(C)n(CC(=O)N/N=C\c2ccccc2OCC(C)C)c(=O)c1C#N. The van der Waals surface area contributed by atoms with Gasteiger partial charge in [-0.3, -0.25) is 9.59 Å². The molecule has 0 unspecified atom stereocenters. The molecule has 0 bridgehead atoms. The Morgan fingerprint density at radius 3 is 2.77 bits per heavy atom. The summed E-state index contributed by atoms with van der Waals surface area (Å²) in [5, 5.41) is 13.3. The standard InChI is InChI=1S/C22H26N4O4/c1-15(2)13-30-20-8-6-5-7-17(20)11-24-25-21(27)12-26-16(3)9-18(14-29-4)19(10-23)22(26)28/h5-9,11,15H,12-14H2,1-4H3,(H,25,27)/b24-11-. The number of aryl methyl sites for hydroxylation is 1. The molecule has 1 N–H and O–H groups in total. The van der Waals surface area contributed by atoms with Crippen LogP contribution in [-0.2, 0) is 22.7 Å². The maximum absolute atomic E-state index is 12.6. The minimum absolute atomic E-state index is 0.0324. The first-order chi connectivity index (χ1) is 14.4. The third-order valence-corrected chi connectivity index (χ3v) is 4.19. The fraction of sp³-hybridized carbons (Fsp3) is 0.364. The van der Waals surface area contributed by atoms with Gasteiger partial charge in [-0.05, 0) is 31.0 Å². The first kappa shape index (κ1) is 22.8. The molecule has 1 aromatic heterocycles. The van der Waals surface area contributed by atoms with Gasteiger partial charge in [-0.2, -0.15) is 10.4 Å². The second kappa shape index (κ2) is 10.9. The van der Waals surface area contributed by atoms with E-state index in [2.05, 4.69) is 24.4 Å². The number of pyridine rings is 1. The van der Waals surface area contributed by atoms with Crippen molar-refractivity contribution in [1.82, 2.24) is 9.99 Å². The maximum atomic E-state index is 12.6. The van der Waals surface area contributed by atoms with Crippen molar-refractivity contribution in [3.8, 4) is 11.8 Å². The van der Waals surface area contributed by atoms with Gasteiger partial charge in [-0.1, -0.05) is 26.0 Å². The van der Waals surface area contributed by atoms with Crippen molar-refractivity contribution >= 4 is 12.1 Å². The molecular formula is C22H26N4O4. The van der Waals surface area contributed by atoms with Crippen LogP contribution >= 0.6 is 0 Å². The number of ether oxygens (including phenoxy) is 2. The number of amides is 1. The van der Waals surface area contributed by atoms with Crippen LogP contribution in [0.15, 0.2) is 40.2 Å². The first-order valence-corrected chi connectivity index (χ1v) is 9.53. The lowest BCUT2D eigenvalue weighted by Crippen LogP contribution is -2.33. The number of rotatable bonds is 9. The Bertz CT molecular complexity index is 1020. The van der Waals surface area contributed by atoms with Gasteiger partial charge in [0.1, 0.15) is 23.9 Å². The Balaban J connectivity index is 2.11. The van der Waals surface area contributed by atoms with E-state index in [0.717, 1.165) is 5.56 Å². The van der Waals surface area contributed by atoms with Crippen molar-refractivity contribution < 1.29 is 14.3 Å². The van der Waals surface area contributed by atoms with E-state index in [4.69, 9.17) is 9.47 Å². The minimum atomic E-state index is -0.531. The fourth-order valence-corrected chi connectivity index (χ4v) is 2.75. The molecule has 0 atom stereocenters. The second-order valence-corrected chi connectivity index (χ2v) is 7.16. The topological polar surface area (TPSA) is 106 Å². The monoisotopic (exact) mass is 410 g/mol. The van der Waals surface area contributed by atoms with E-state index >= 15 is 0 Å². The number of nitrogens with zero attached hydrogens (tertiary/aromatic N) is 3. The van der Waals surface area contributed by atoms with Crippen molar-refractivity contribution in [3.63, 3.8) is 0 Å². The van der Waals surface area contributed by atoms with Gasteiger partial charge < -0.3 is 14.0 Å². The van der Waals surface area contributed by atoms with Gasteiger partial charge in [0, 0.05) is 23.9 Å². The number of carbonyl (C=O) groups is 1. The molecule has 2 aromatic rings. The van der Waals surface area contributed by atoms with E-state index in [1.807, 2.05) is 30.3 Å². The lowest BCUT2D eigenvalue weighted by atomic mass is 10.1. The molecule has 8 nitrogen and oxygen atoms in total. The van der Waals surface area contributed by atoms with Crippen molar-refractivity contribution in [2.75, 3.05) is 13.7 Å². The van der Waals surface area contributed by atoms with E-state index in [0.29, 0.717) is 29.5 Å². The summed E-state index contributed by atoms with van der Waals surface area (Å²) in [4.78, 5) is 24.9. The zero-order valence-electron chi connectivity index (χ0n) is 17.6. The molecule has 0 saturated heterocycles. The predicted molar refractivity (Wildman–Crippen MR) is 113 cm³/mol. The third kappa shape index (κ3) is 6.03. The molecule has 0 aliphatic heterocycles. The van der Waals surface area contributed by atoms with Crippen LogP contribution in [0.4, 0.5) is 0 Å². The number of hydrogen-bond donors (Lipinski definition) is 1. The highest BCUT2D eigenvalue weighted by molar-refractivity contribution is 5.85. The lowest BCUT2D eigenvalue weighted by molar-refractivity contribution is -0.121. The summed E-state index contributed by atoms with van der Waals surface area (Å²) < 4.78 is 12.0. The summed E-state index contributed by atoms with van der Waals surface area (Å²) in [5.74, 6) is 0.564. The van der Waals surface area contributed by atoms with Crippen molar-refractivity contribution in [1.29, 1.82) is 5.26 Å². The summed E-state index contributed by atoms with van der Waals surface area (Å²) >= 11 is 0. The molecular weight excluding hydrogens is 384 g/mol. The molecule has 1 heterocycles. The molecule has 30 heavy (non-hydrogen) atoms. The molecule has 1 amide bonds. The highest BCUT2D eigenvalue weighted by Gasteiger charge is 2.14. The van der Waals surface area contributed by atoms with Crippen molar-refractivity contribution in [3.05, 3.63) is 63.1 Å². The molecule has 1 aromatic carbocycles. The number of nitrogens with one attached hydrogen (secondary N) is 1. The lowest BCUT2D eigenvalue weighted by Gasteiger charge is -2.12. The van der Waals surface area contributed by atoms with Gasteiger partial charge in [-0.25, -0.2) is 5.43 Å². The zero-order valence-corrected chi connectivity index (χ0v) is 17.6. The van der Waals surface area contributed by atoms with Gasteiger partial charge >= 0.3 is 0 Å². The Morgan fingerprint density at radius 2 is 2.10 bits per heavy atom. The summed E-state index contributed by atoms with van der Waals surface area (Å²) in [5.41, 5.74) is 3.62. The quantitative estimate of drug-likeness (QED) is 0.505. The largest absolute Gasteiger partial charge is 0.493 e. The second-order valence-electron chi connectivity index (χ2n) is 7.16. The molecule has 0 aliphatic carbocycles. The molecule has 158 valence electrons. The highest BCUT2D eigenvalue weighted by Crippen LogP contribution is 2.16. The summed E-state index contributed by atoms with van der Waals surface area (Å²) in [6, 6.07) is 10.9. The predicted octanol–water partition coefficient (Wildman–Crippen LogP) is 2.36. The van der Waals surface area contributed by atoms with E-state index < -0.39 is 11.5 Å². The number of hydrazone groups is 1. The number of benzene rings is 1. The van der Waals surface area contributed by atoms with Crippen LogP contribution in [0.25, 0.3) is 0 Å². The molecule has 0 spiro atoms. The van der Waals surface area contributed by atoms with E-state index in [1.54, 1.807) is 13.0 Å². The average molecular weight is 410 g/mol. The highest BCUT2D eigenvalue weighted by atomic mass is 16.5. The fourth-order valence-electron chi connectivity index (χ4n) is 2.75. The van der Waals surface area contributed by atoms with E-state index in [-0.39, 0.29) is 18.7 Å². The third-order valence-electron chi connectivity index (χ3n) is 4.19. The minimum Gasteiger partial charge on any atom is -0.493 e. The number of para-hydroxylation sites is 1. The number of nitriles is 1. The maximum Gasteiger partial charge on any atom is 0.269 e. The Labute approximate surface area is 175 Å². The molecule has 0 saturated carbocycles. The van der Waals surface area contributed by atoms with Gasteiger partial charge in [-0.15, -0.1) is 0 Å². The van der Waals surface area contributed by atoms with Crippen LogP contribution in [0.3, 0.4) is 0 Å². The summed E-state index contributed by atoms with van der Waals surface area (Å²) in [7, 11) is 1.49. The van der Waals surface area contributed by atoms with Gasteiger partial charge in [0.2, 0.25) is 0 Å². The number of aromatic nitrogens is 1. The molecule has 8 heteroatoms. The Morgan fingerprint density at radius 1 is 1.37 bits per heavy atom. The smallest absolute Gasteiger partial charge is 0.269 e. The number of hydrogen-bond acceptors (Lipinski definition) is 6. The molecule has 2 rings (SSSR count). The van der Waals surface area contributed by atoms with Crippen LogP contribution in [0.5, 0.6) is 5.75 Å². The normalized spacial score (nSPS) is 10.9. The van der Waals surface area contributed by atoms with Gasteiger partial charge in [0.05, 0.1) is 19.4 Å². The number of methoxy groups -OCH3 is 1. The Hall–Kier alpha value is -3.44. The first-order valence-electron chi connectivity index (χ1n) is 9.53.